The number of phosphoric acid groups is 1. The first-order valence-electron chi connectivity index (χ1n) is 20.1. The van der Waals surface area contributed by atoms with E-state index in [1.807, 2.05) is 27.2 Å². The smallest absolute Gasteiger partial charge is 0.306 e. The highest BCUT2D eigenvalue weighted by Crippen LogP contribution is 2.38. The number of unbranched alkanes of at least 4 members (excludes halogenated alkanes) is 9. The molecule has 0 spiro atoms. The van der Waals surface area contributed by atoms with Crippen LogP contribution in [0.2, 0.25) is 0 Å². The van der Waals surface area contributed by atoms with E-state index in [1.165, 1.54) is 19.3 Å². The topological polar surface area (TPSA) is 111 Å². The zero-order valence-electron chi connectivity index (χ0n) is 33.9. The molecule has 0 saturated carbocycles. The van der Waals surface area contributed by atoms with Gasteiger partial charge in [0.15, 0.2) is 6.10 Å². The molecule has 0 amide bonds. The van der Waals surface area contributed by atoms with Crippen molar-refractivity contribution in [2.75, 3.05) is 47.5 Å². The third-order valence-electron chi connectivity index (χ3n) is 7.96. The number of carbonyl (C=O) groups excluding carboxylic acids is 2. The molecule has 2 atom stereocenters. The van der Waals surface area contributed by atoms with Crippen LogP contribution in [0.25, 0.3) is 0 Å². The number of hydrogen-bond donors (Lipinski definition) is 0. The van der Waals surface area contributed by atoms with Crippen molar-refractivity contribution >= 4 is 19.8 Å². The Hall–Kier alpha value is -2.55. The highest BCUT2D eigenvalue weighted by atomic mass is 31.2. The molecule has 9 nitrogen and oxygen atoms in total. The van der Waals surface area contributed by atoms with Crippen LogP contribution in [0.15, 0.2) is 72.9 Å². The quantitative estimate of drug-likeness (QED) is 0.0206. The molecule has 0 aromatic carbocycles. The molecule has 0 aromatic rings. The average molecular weight is 764 g/mol. The molecular weight excluding hydrogens is 689 g/mol. The summed E-state index contributed by atoms with van der Waals surface area (Å²) in [6.07, 6.45) is 42.2. The predicted molar refractivity (Wildman–Crippen MR) is 217 cm³/mol. The van der Waals surface area contributed by atoms with Gasteiger partial charge in [0.25, 0.3) is 7.82 Å². The van der Waals surface area contributed by atoms with Gasteiger partial charge in [-0.3, -0.25) is 14.2 Å². The molecule has 0 bridgehead atoms. The molecule has 0 radical (unpaired) electrons. The van der Waals surface area contributed by atoms with E-state index >= 15 is 0 Å². The number of ether oxygens (including phenoxy) is 2. The average Bonchev–Trinajstić information content (AvgIpc) is 3.10. The molecule has 0 rings (SSSR count). The molecule has 0 fully saturated rings. The number of carbonyl (C=O) groups is 2. The number of nitrogens with zero attached hydrogens (tertiary/aromatic N) is 1. The summed E-state index contributed by atoms with van der Waals surface area (Å²) in [5.41, 5.74) is 0. The van der Waals surface area contributed by atoms with Crippen molar-refractivity contribution in [3.8, 4) is 0 Å². The summed E-state index contributed by atoms with van der Waals surface area (Å²) in [7, 11) is 1.12. The van der Waals surface area contributed by atoms with Crippen molar-refractivity contribution in [1.82, 2.24) is 0 Å². The third kappa shape index (κ3) is 39.0. The summed E-state index contributed by atoms with van der Waals surface area (Å²) in [5.74, 6) is -0.923. The van der Waals surface area contributed by atoms with Crippen molar-refractivity contribution in [3.05, 3.63) is 72.9 Å². The van der Waals surface area contributed by atoms with Crippen molar-refractivity contribution in [1.29, 1.82) is 0 Å². The number of rotatable bonds is 35. The van der Waals surface area contributed by atoms with Crippen LogP contribution >= 0.6 is 7.82 Å². The zero-order valence-corrected chi connectivity index (χ0v) is 34.8. The molecule has 0 aromatic heterocycles. The van der Waals surface area contributed by atoms with Crippen molar-refractivity contribution in [3.63, 3.8) is 0 Å². The first kappa shape index (κ1) is 50.5. The number of phosphoric ester groups is 1. The minimum Gasteiger partial charge on any atom is -0.756 e. The SMILES string of the molecule is CC/C=C\C/C=C\C/C=C\C/C=C\C/C=C\CCCC(=O)OC[C@H](COP(=O)([O-])OCC[N+](C)(C)C)OC(=O)CCCCCCC/C=C\CCCCC. The lowest BCUT2D eigenvalue weighted by Crippen LogP contribution is -2.37. The minimum atomic E-state index is -4.64. The van der Waals surface area contributed by atoms with Crippen LogP contribution in [0.3, 0.4) is 0 Å². The highest BCUT2D eigenvalue weighted by Gasteiger charge is 2.21. The Morgan fingerprint density at radius 2 is 1.09 bits per heavy atom. The standard InChI is InChI=1S/C43H74NO8P/c1-6-8-10-12-14-16-18-20-21-22-23-24-26-27-29-31-33-35-42(45)49-39-41(40-51-53(47,48)50-38-37-44(3,4)5)52-43(46)36-34-32-30-28-25-19-17-15-13-11-9-7-2/h8,10,14-17,20-21,23-24,27,29,41H,6-7,9,11-13,18-19,22,25-26,28,30-40H2,1-5H3/b10-8-,16-14-,17-15-,21-20-,24-23-,29-27-/t41-/m1/s1. The second-order valence-corrected chi connectivity index (χ2v) is 15.7. The summed E-state index contributed by atoms with van der Waals surface area (Å²) in [6.45, 7) is 3.98. The Balaban J connectivity index is 4.53. The van der Waals surface area contributed by atoms with Gasteiger partial charge in [0.05, 0.1) is 27.7 Å². The third-order valence-corrected chi connectivity index (χ3v) is 8.92. The van der Waals surface area contributed by atoms with Crippen LogP contribution in [-0.2, 0) is 32.7 Å². The second kappa shape index (κ2) is 35.2. The van der Waals surface area contributed by atoms with Gasteiger partial charge in [-0.1, -0.05) is 119 Å². The van der Waals surface area contributed by atoms with Gasteiger partial charge in [0, 0.05) is 12.8 Å². The van der Waals surface area contributed by atoms with Crippen LogP contribution in [0, 0.1) is 0 Å². The van der Waals surface area contributed by atoms with Gasteiger partial charge >= 0.3 is 11.9 Å². The summed E-state index contributed by atoms with van der Waals surface area (Å²) < 4.78 is 33.7. The summed E-state index contributed by atoms with van der Waals surface area (Å²) in [6, 6.07) is 0. The Morgan fingerprint density at radius 1 is 0.604 bits per heavy atom. The Labute approximate surface area is 323 Å². The van der Waals surface area contributed by atoms with Crippen LogP contribution in [-0.4, -0.2) is 70.0 Å². The Kier molecular flexibility index (Phi) is 33.5. The van der Waals surface area contributed by atoms with Crippen molar-refractivity contribution in [2.24, 2.45) is 0 Å². The number of allylic oxidation sites excluding steroid dienone is 12. The minimum absolute atomic E-state index is 0.0448. The maximum atomic E-state index is 12.6. The molecular formula is C43H74NO8P. The number of quaternary nitrogens is 1. The molecule has 0 N–H and O–H groups in total. The molecule has 53 heavy (non-hydrogen) atoms. The molecule has 1 unspecified atom stereocenters. The largest absolute Gasteiger partial charge is 0.756 e. The van der Waals surface area contributed by atoms with E-state index in [9.17, 15) is 19.0 Å². The predicted octanol–water partition coefficient (Wildman–Crippen LogP) is 10.4. The van der Waals surface area contributed by atoms with Crippen LogP contribution in [0.5, 0.6) is 0 Å². The number of likely N-dealkylation sites (N-methyl/N-ethyl adjacent to an activating group) is 1. The van der Waals surface area contributed by atoms with E-state index in [-0.39, 0.29) is 26.1 Å². The molecule has 0 aliphatic heterocycles. The van der Waals surface area contributed by atoms with Crippen molar-refractivity contribution in [2.45, 2.75) is 142 Å². The maximum absolute atomic E-state index is 12.6. The van der Waals surface area contributed by atoms with Crippen LogP contribution in [0.1, 0.15) is 136 Å². The van der Waals surface area contributed by atoms with Crippen molar-refractivity contribution < 1.29 is 42.1 Å². The van der Waals surface area contributed by atoms with Gasteiger partial charge in [-0.15, -0.1) is 0 Å². The summed E-state index contributed by atoms with van der Waals surface area (Å²) in [5, 5.41) is 0. The Morgan fingerprint density at radius 3 is 1.68 bits per heavy atom. The second-order valence-electron chi connectivity index (χ2n) is 14.3. The first-order valence-corrected chi connectivity index (χ1v) is 21.6. The lowest BCUT2D eigenvalue weighted by Gasteiger charge is -2.28. The van der Waals surface area contributed by atoms with E-state index in [4.69, 9.17) is 18.5 Å². The molecule has 0 aliphatic carbocycles. The summed E-state index contributed by atoms with van der Waals surface area (Å²) in [4.78, 5) is 37.4. The molecule has 0 aliphatic rings. The normalized spacial score (nSPS) is 14.5. The van der Waals surface area contributed by atoms with E-state index in [1.54, 1.807) is 0 Å². The van der Waals surface area contributed by atoms with Gasteiger partial charge in [-0.25, -0.2) is 0 Å². The summed E-state index contributed by atoms with van der Waals surface area (Å²) >= 11 is 0. The van der Waals surface area contributed by atoms with Gasteiger partial charge in [0.2, 0.25) is 0 Å². The highest BCUT2D eigenvalue weighted by molar-refractivity contribution is 7.45. The lowest BCUT2D eigenvalue weighted by atomic mass is 10.1. The molecule has 0 saturated heterocycles. The van der Waals surface area contributed by atoms with Gasteiger partial charge in [-0.2, -0.15) is 0 Å². The van der Waals surface area contributed by atoms with E-state index in [0.717, 1.165) is 77.0 Å². The number of esters is 2. The monoisotopic (exact) mass is 764 g/mol. The van der Waals surface area contributed by atoms with Gasteiger partial charge in [-0.05, 0) is 77.0 Å². The van der Waals surface area contributed by atoms with Gasteiger partial charge < -0.3 is 27.9 Å². The number of hydrogen-bond acceptors (Lipinski definition) is 8. The van der Waals surface area contributed by atoms with E-state index in [2.05, 4.69) is 80.7 Å². The van der Waals surface area contributed by atoms with Crippen LogP contribution in [0.4, 0.5) is 0 Å². The molecule has 10 heteroatoms. The lowest BCUT2D eigenvalue weighted by molar-refractivity contribution is -0.870. The fourth-order valence-electron chi connectivity index (χ4n) is 4.80. The van der Waals surface area contributed by atoms with Crippen LogP contribution < -0.4 is 4.89 Å². The van der Waals surface area contributed by atoms with Gasteiger partial charge in [0.1, 0.15) is 19.8 Å². The maximum Gasteiger partial charge on any atom is 0.306 e. The van der Waals surface area contributed by atoms with E-state index < -0.39 is 32.5 Å². The molecule has 304 valence electrons. The first-order chi connectivity index (χ1) is 25.5. The fourth-order valence-corrected chi connectivity index (χ4v) is 5.53. The molecule has 0 heterocycles. The fraction of sp³-hybridized carbons (Fsp3) is 0.674. The van der Waals surface area contributed by atoms with E-state index in [0.29, 0.717) is 23.9 Å². The zero-order chi connectivity index (χ0) is 39.3. The Bertz CT molecular complexity index is 1140.